The zero-order valence-electron chi connectivity index (χ0n) is 13.4. The number of primary amides is 1. The number of hydrogen-bond donors (Lipinski definition) is 3. The van der Waals surface area contributed by atoms with Gasteiger partial charge in [-0.25, -0.2) is 9.48 Å². The van der Waals surface area contributed by atoms with E-state index in [9.17, 15) is 9.59 Å². The average molecular weight is 336 g/mol. The summed E-state index contributed by atoms with van der Waals surface area (Å²) < 4.78 is 1.38. The van der Waals surface area contributed by atoms with Gasteiger partial charge in [0, 0.05) is 5.56 Å². The molecule has 0 radical (unpaired) electrons. The van der Waals surface area contributed by atoms with Crippen molar-refractivity contribution in [3.8, 4) is 16.9 Å². The number of carboxylic acids is 1. The molecule has 0 unspecified atom stereocenters. The Kier molecular flexibility index (Phi) is 3.98. The number of benzene rings is 2. The van der Waals surface area contributed by atoms with Crippen LogP contribution in [-0.4, -0.2) is 26.8 Å². The number of aromatic carboxylic acids is 1. The van der Waals surface area contributed by atoms with Crippen molar-refractivity contribution in [3.05, 3.63) is 65.2 Å². The van der Waals surface area contributed by atoms with Crippen molar-refractivity contribution >= 4 is 17.7 Å². The number of nitrogens with zero attached hydrogens (tertiary/aromatic N) is 2. The van der Waals surface area contributed by atoms with Crippen molar-refractivity contribution in [2.75, 3.05) is 5.73 Å². The van der Waals surface area contributed by atoms with Gasteiger partial charge in [0.1, 0.15) is 17.1 Å². The summed E-state index contributed by atoms with van der Waals surface area (Å²) in [6.07, 6.45) is 0. The first-order chi connectivity index (χ1) is 11.9. The third-order valence-corrected chi connectivity index (χ3v) is 3.85. The number of amides is 1. The summed E-state index contributed by atoms with van der Waals surface area (Å²) in [6, 6.07) is 13.5. The molecule has 3 aromatic rings. The van der Waals surface area contributed by atoms with E-state index in [2.05, 4.69) is 5.10 Å². The molecule has 3 rings (SSSR count). The summed E-state index contributed by atoms with van der Waals surface area (Å²) in [7, 11) is 0. The Hall–Kier alpha value is -3.61. The topological polar surface area (TPSA) is 124 Å². The third kappa shape index (κ3) is 2.94. The van der Waals surface area contributed by atoms with Crippen molar-refractivity contribution < 1.29 is 14.7 Å². The molecule has 5 N–H and O–H groups in total. The predicted octanol–water partition coefficient (Wildman–Crippen LogP) is 2.23. The van der Waals surface area contributed by atoms with E-state index < -0.39 is 11.9 Å². The number of rotatable bonds is 4. The largest absolute Gasteiger partial charge is 0.478 e. The summed E-state index contributed by atoms with van der Waals surface area (Å²) in [5.41, 5.74) is 14.5. The van der Waals surface area contributed by atoms with E-state index in [1.807, 2.05) is 31.2 Å². The molecule has 1 amide bonds. The molecule has 2 aromatic carbocycles. The van der Waals surface area contributed by atoms with Crippen molar-refractivity contribution in [1.82, 2.24) is 9.78 Å². The van der Waals surface area contributed by atoms with Gasteiger partial charge < -0.3 is 16.6 Å². The first-order valence-electron chi connectivity index (χ1n) is 7.47. The molecular weight excluding hydrogens is 320 g/mol. The van der Waals surface area contributed by atoms with Gasteiger partial charge in [-0.15, -0.1) is 0 Å². The fraction of sp³-hybridized carbons (Fsp3) is 0.0556. The van der Waals surface area contributed by atoms with Gasteiger partial charge in [0.25, 0.3) is 5.91 Å². The molecule has 126 valence electrons. The van der Waals surface area contributed by atoms with Gasteiger partial charge in [-0.1, -0.05) is 29.8 Å². The van der Waals surface area contributed by atoms with E-state index in [1.165, 1.54) is 16.8 Å². The average Bonchev–Trinajstić information content (AvgIpc) is 2.93. The number of nitrogen functional groups attached to an aromatic ring is 1. The first kappa shape index (κ1) is 16.3. The van der Waals surface area contributed by atoms with Crippen molar-refractivity contribution in [3.63, 3.8) is 0 Å². The lowest BCUT2D eigenvalue weighted by Gasteiger charge is -2.04. The minimum atomic E-state index is -1.03. The molecule has 25 heavy (non-hydrogen) atoms. The zero-order valence-corrected chi connectivity index (χ0v) is 13.4. The van der Waals surface area contributed by atoms with Crippen LogP contribution >= 0.6 is 0 Å². The standard InChI is InChI=1S/C18H16N4O3/c1-10-2-4-11(5-3-10)15-14(17(20)23)16(19)22(21-15)13-8-6-12(7-9-13)18(24)25/h2-9H,19H2,1H3,(H2,20,23)(H,24,25). The Bertz CT molecular complexity index is 957. The molecule has 0 fully saturated rings. The molecule has 1 aromatic heterocycles. The van der Waals surface area contributed by atoms with Crippen LogP contribution < -0.4 is 11.5 Å². The van der Waals surface area contributed by atoms with Crippen LogP contribution in [0.3, 0.4) is 0 Å². The summed E-state index contributed by atoms with van der Waals surface area (Å²) in [5, 5.41) is 13.4. The minimum Gasteiger partial charge on any atom is -0.478 e. The Morgan fingerprint density at radius 2 is 1.64 bits per heavy atom. The SMILES string of the molecule is Cc1ccc(-c2nn(-c3ccc(C(=O)O)cc3)c(N)c2C(N)=O)cc1. The molecule has 0 saturated carbocycles. The fourth-order valence-electron chi connectivity index (χ4n) is 2.53. The molecule has 0 saturated heterocycles. The molecule has 7 nitrogen and oxygen atoms in total. The number of carbonyl (C=O) groups excluding carboxylic acids is 1. The maximum atomic E-state index is 11.9. The second kappa shape index (κ2) is 6.12. The van der Waals surface area contributed by atoms with Gasteiger partial charge in [-0.2, -0.15) is 5.10 Å². The van der Waals surface area contributed by atoms with Crippen LogP contribution in [0.5, 0.6) is 0 Å². The Labute approximate surface area is 143 Å². The van der Waals surface area contributed by atoms with E-state index in [1.54, 1.807) is 12.1 Å². The Morgan fingerprint density at radius 3 is 2.16 bits per heavy atom. The van der Waals surface area contributed by atoms with E-state index in [0.29, 0.717) is 16.9 Å². The highest BCUT2D eigenvalue weighted by atomic mass is 16.4. The normalized spacial score (nSPS) is 10.6. The quantitative estimate of drug-likeness (QED) is 0.674. The van der Waals surface area contributed by atoms with Crippen LogP contribution in [0.25, 0.3) is 16.9 Å². The van der Waals surface area contributed by atoms with Gasteiger partial charge >= 0.3 is 5.97 Å². The van der Waals surface area contributed by atoms with Gasteiger partial charge in [0.05, 0.1) is 11.3 Å². The van der Waals surface area contributed by atoms with Gasteiger partial charge in [-0.05, 0) is 31.2 Å². The number of nitrogens with two attached hydrogens (primary N) is 2. The van der Waals surface area contributed by atoms with Crippen molar-refractivity contribution in [1.29, 1.82) is 0 Å². The highest BCUT2D eigenvalue weighted by Crippen LogP contribution is 2.29. The van der Waals surface area contributed by atoms with Crippen LogP contribution in [-0.2, 0) is 0 Å². The molecule has 0 atom stereocenters. The third-order valence-electron chi connectivity index (χ3n) is 3.85. The van der Waals surface area contributed by atoms with E-state index >= 15 is 0 Å². The van der Waals surface area contributed by atoms with Crippen LogP contribution in [0, 0.1) is 6.92 Å². The molecule has 0 spiro atoms. The first-order valence-corrected chi connectivity index (χ1v) is 7.47. The zero-order chi connectivity index (χ0) is 18.1. The number of hydrogen-bond acceptors (Lipinski definition) is 4. The summed E-state index contributed by atoms with van der Waals surface area (Å²) >= 11 is 0. The second-order valence-electron chi connectivity index (χ2n) is 5.60. The van der Waals surface area contributed by atoms with Crippen molar-refractivity contribution in [2.24, 2.45) is 5.73 Å². The van der Waals surface area contributed by atoms with Gasteiger partial charge in [0.2, 0.25) is 0 Å². The summed E-state index contributed by atoms with van der Waals surface area (Å²) in [5.74, 6) is -1.61. The van der Waals surface area contributed by atoms with Gasteiger partial charge in [-0.3, -0.25) is 4.79 Å². The minimum absolute atomic E-state index is 0.103. The molecule has 7 heteroatoms. The number of aryl methyl sites for hydroxylation is 1. The molecule has 0 aliphatic heterocycles. The van der Waals surface area contributed by atoms with E-state index in [-0.39, 0.29) is 16.9 Å². The Morgan fingerprint density at radius 1 is 1.04 bits per heavy atom. The fourth-order valence-corrected chi connectivity index (χ4v) is 2.53. The van der Waals surface area contributed by atoms with E-state index in [4.69, 9.17) is 16.6 Å². The number of carbonyl (C=O) groups is 2. The van der Waals surface area contributed by atoms with Crippen LogP contribution in [0.1, 0.15) is 26.3 Å². The number of aromatic nitrogens is 2. The molecule has 0 bridgehead atoms. The maximum Gasteiger partial charge on any atom is 0.335 e. The number of carboxylic acid groups (broad SMARTS) is 1. The van der Waals surface area contributed by atoms with Crippen LogP contribution in [0.2, 0.25) is 0 Å². The lowest BCUT2D eigenvalue weighted by atomic mass is 10.1. The molecular formula is C18H16N4O3. The lowest BCUT2D eigenvalue weighted by molar-refractivity contribution is 0.0696. The Balaban J connectivity index is 2.15. The predicted molar refractivity (Wildman–Crippen MR) is 93.6 cm³/mol. The maximum absolute atomic E-state index is 11.9. The van der Waals surface area contributed by atoms with Crippen LogP contribution in [0.15, 0.2) is 48.5 Å². The van der Waals surface area contributed by atoms with Crippen LogP contribution in [0.4, 0.5) is 5.82 Å². The highest BCUT2D eigenvalue weighted by molar-refractivity contribution is 6.03. The summed E-state index contributed by atoms with van der Waals surface area (Å²) in [4.78, 5) is 22.8. The monoisotopic (exact) mass is 336 g/mol. The number of anilines is 1. The second-order valence-corrected chi connectivity index (χ2v) is 5.60. The van der Waals surface area contributed by atoms with E-state index in [0.717, 1.165) is 5.56 Å². The molecule has 0 aliphatic rings. The van der Waals surface area contributed by atoms with Crippen molar-refractivity contribution in [2.45, 2.75) is 6.92 Å². The molecule has 0 aliphatic carbocycles. The highest BCUT2D eigenvalue weighted by Gasteiger charge is 2.22. The molecule has 1 heterocycles. The smallest absolute Gasteiger partial charge is 0.335 e. The lowest BCUT2D eigenvalue weighted by Crippen LogP contribution is -2.14. The summed E-state index contributed by atoms with van der Waals surface area (Å²) in [6.45, 7) is 1.95. The van der Waals surface area contributed by atoms with Gasteiger partial charge in [0.15, 0.2) is 0 Å².